The summed E-state index contributed by atoms with van der Waals surface area (Å²) in [5.41, 5.74) is 3.15. The van der Waals surface area contributed by atoms with Crippen molar-refractivity contribution in [3.8, 4) is 0 Å². The molecule has 0 spiro atoms. The average Bonchev–Trinajstić information content (AvgIpc) is 2.54. The minimum absolute atomic E-state index is 0.0730. The highest BCUT2D eigenvalue weighted by Crippen LogP contribution is 2.16. The van der Waals surface area contributed by atoms with E-state index in [9.17, 15) is 29.1 Å². The van der Waals surface area contributed by atoms with Crippen LogP contribution in [-0.2, 0) is 20.9 Å². The molecule has 0 fully saturated rings. The Bertz CT molecular complexity index is 850. The lowest BCUT2D eigenvalue weighted by atomic mass is 10.1. The fourth-order valence-corrected chi connectivity index (χ4v) is 2.35. The molecule has 0 saturated heterocycles. The summed E-state index contributed by atoms with van der Waals surface area (Å²) in [6, 6.07) is -1.51. The van der Waals surface area contributed by atoms with E-state index in [2.05, 4.69) is 0 Å². The second-order valence-corrected chi connectivity index (χ2v) is 7.23. The molecule has 0 saturated carbocycles. The van der Waals surface area contributed by atoms with Gasteiger partial charge in [-0.25, -0.2) is 19.3 Å². The van der Waals surface area contributed by atoms with Crippen molar-refractivity contribution in [1.82, 2.24) is 14.5 Å². The van der Waals surface area contributed by atoms with Crippen LogP contribution in [0.15, 0.2) is 15.8 Å². The Kier molecular flexibility index (Phi) is 7.68. The number of carboxylic acids is 1. The number of H-pyrrole nitrogens is 1. The van der Waals surface area contributed by atoms with Crippen LogP contribution >= 0.6 is 0 Å². The highest BCUT2D eigenvalue weighted by molar-refractivity contribution is 5.96. The Labute approximate surface area is 161 Å². The molecular formula is C17H26N4O7. The number of aliphatic carboxylic acids is 1. The van der Waals surface area contributed by atoms with Crippen LogP contribution < -0.4 is 17.0 Å². The first-order chi connectivity index (χ1) is 12.9. The van der Waals surface area contributed by atoms with Gasteiger partial charge in [-0.3, -0.25) is 19.1 Å². The number of ether oxygens (including phenoxy) is 1. The number of hydrogen-bond donors (Lipinski definition) is 3. The van der Waals surface area contributed by atoms with E-state index in [1.807, 2.05) is 4.98 Å². The molecule has 2 amide bonds. The Morgan fingerprint density at radius 2 is 1.93 bits per heavy atom. The van der Waals surface area contributed by atoms with E-state index in [0.717, 1.165) is 10.8 Å². The highest BCUT2D eigenvalue weighted by Gasteiger charge is 2.37. The maximum Gasteiger partial charge on any atom is 0.417 e. The molecule has 0 aromatic carbocycles. The smallest absolute Gasteiger partial charge is 0.417 e. The van der Waals surface area contributed by atoms with E-state index in [-0.39, 0.29) is 24.9 Å². The number of amides is 2. The predicted molar refractivity (Wildman–Crippen MR) is 98.9 cm³/mol. The van der Waals surface area contributed by atoms with E-state index in [0.29, 0.717) is 4.90 Å². The third-order valence-electron chi connectivity index (χ3n) is 3.63. The number of carbonyl (C=O) groups is 3. The average molecular weight is 398 g/mol. The number of aromatic amines is 1. The van der Waals surface area contributed by atoms with Gasteiger partial charge in [0.15, 0.2) is 0 Å². The van der Waals surface area contributed by atoms with Crippen LogP contribution in [0.1, 0.15) is 39.2 Å². The number of nitrogens with zero attached hydrogens (tertiary/aromatic N) is 2. The number of aromatic nitrogens is 2. The normalized spacial score (nSPS) is 12.3. The van der Waals surface area contributed by atoms with Crippen LogP contribution in [0, 0.1) is 6.92 Å². The molecule has 1 rings (SSSR count). The summed E-state index contributed by atoms with van der Waals surface area (Å²) < 4.78 is 6.06. The van der Waals surface area contributed by atoms with Crippen LogP contribution in [0.3, 0.4) is 0 Å². The maximum atomic E-state index is 12.8. The zero-order valence-electron chi connectivity index (χ0n) is 16.4. The Morgan fingerprint density at radius 1 is 1.32 bits per heavy atom. The van der Waals surface area contributed by atoms with Crippen molar-refractivity contribution in [1.29, 1.82) is 0 Å². The predicted octanol–water partition coefficient (Wildman–Crippen LogP) is -0.199. The van der Waals surface area contributed by atoms with Gasteiger partial charge in [-0.15, -0.1) is 0 Å². The minimum atomic E-state index is -1.51. The van der Waals surface area contributed by atoms with E-state index in [1.165, 1.54) is 6.92 Å². The largest absolute Gasteiger partial charge is 0.480 e. The summed E-state index contributed by atoms with van der Waals surface area (Å²) >= 11 is 0. The molecular weight excluding hydrogens is 372 g/mol. The Morgan fingerprint density at radius 3 is 2.43 bits per heavy atom. The minimum Gasteiger partial charge on any atom is -0.480 e. The van der Waals surface area contributed by atoms with Crippen molar-refractivity contribution < 1.29 is 24.2 Å². The van der Waals surface area contributed by atoms with Crippen molar-refractivity contribution in [3.05, 3.63) is 32.6 Å². The van der Waals surface area contributed by atoms with Gasteiger partial charge in [0.25, 0.3) is 11.5 Å². The molecule has 11 nitrogen and oxygen atoms in total. The zero-order valence-corrected chi connectivity index (χ0v) is 16.4. The van der Waals surface area contributed by atoms with Crippen LogP contribution in [0.4, 0.5) is 4.79 Å². The topological polar surface area (TPSA) is 165 Å². The quantitative estimate of drug-likeness (QED) is 0.568. The molecule has 0 aliphatic rings. The summed E-state index contributed by atoms with van der Waals surface area (Å²) in [6.45, 7) is 5.66. The van der Waals surface area contributed by atoms with Gasteiger partial charge in [0.05, 0.1) is 0 Å². The Balaban J connectivity index is 3.29. The molecule has 1 aromatic rings. The number of carbonyl (C=O) groups excluding carboxylic acids is 2. The first-order valence-electron chi connectivity index (χ1n) is 8.65. The summed E-state index contributed by atoms with van der Waals surface area (Å²) in [6.07, 6.45) is 0.190. The third kappa shape index (κ3) is 6.34. The number of hydrogen-bond acceptors (Lipinski definition) is 7. The van der Waals surface area contributed by atoms with Crippen molar-refractivity contribution in [3.63, 3.8) is 0 Å². The molecule has 156 valence electrons. The summed E-state index contributed by atoms with van der Waals surface area (Å²) in [4.78, 5) is 62.9. The van der Waals surface area contributed by atoms with Gasteiger partial charge in [0, 0.05) is 11.8 Å². The maximum absolute atomic E-state index is 12.8. The first-order valence-corrected chi connectivity index (χ1v) is 8.65. The number of nitrogens with one attached hydrogen (secondary N) is 1. The van der Waals surface area contributed by atoms with Crippen molar-refractivity contribution in [2.24, 2.45) is 5.73 Å². The van der Waals surface area contributed by atoms with Gasteiger partial charge in [-0.1, -0.05) is 0 Å². The van der Waals surface area contributed by atoms with Gasteiger partial charge < -0.3 is 15.6 Å². The van der Waals surface area contributed by atoms with Crippen molar-refractivity contribution in [2.75, 3.05) is 6.54 Å². The molecule has 0 aliphatic heterocycles. The number of rotatable bonds is 7. The Hall–Kier alpha value is -2.95. The van der Waals surface area contributed by atoms with Gasteiger partial charge in [0.1, 0.15) is 18.2 Å². The second kappa shape index (κ2) is 9.31. The van der Waals surface area contributed by atoms with Crippen LogP contribution in [0.25, 0.3) is 0 Å². The van der Waals surface area contributed by atoms with Gasteiger partial charge in [-0.2, -0.15) is 0 Å². The van der Waals surface area contributed by atoms with Crippen molar-refractivity contribution >= 4 is 18.0 Å². The van der Waals surface area contributed by atoms with Gasteiger partial charge >= 0.3 is 17.8 Å². The van der Waals surface area contributed by atoms with E-state index in [1.54, 1.807) is 20.8 Å². The summed E-state index contributed by atoms with van der Waals surface area (Å²) in [7, 11) is 0. The van der Waals surface area contributed by atoms with Crippen LogP contribution in [0.2, 0.25) is 0 Å². The molecule has 0 bridgehead atoms. The molecule has 4 N–H and O–H groups in total. The molecule has 1 aromatic heterocycles. The number of aryl methyl sites for hydroxylation is 1. The monoisotopic (exact) mass is 398 g/mol. The van der Waals surface area contributed by atoms with Gasteiger partial charge in [-0.05, 0) is 47.1 Å². The summed E-state index contributed by atoms with van der Waals surface area (Å²) in [5.74, 6) is -2.37. The fourth-order valence-electron chi connectivity index (χ4n) is 2.35. The zero-order chi connectivity index (χ0) is 21.6. The molecule has 1 atom stereocenters. The lowest BCUT2D eigenvalue weighted by Gasteiger charge is -2.30. The lowest BCUT2D eigenvalue weighted by Crippen LogP contribution is -2.52. The second-order valence-electron chi connectivity index (χ2n) is 7.23. The summed E-state index contributed by atoms with van der Waals surface area (Å²) in [5, 5.41) is 9.51. The third-order valence-corrected chi connectivity index (χ3v) is 3.63. The SMILES string of the molecule is Cc1cn(CC(=O)N(C(=O)OC(C)(C)C)[C@@H](CCCN)C(=O)O)c(=O)[nH]c1=O. The standard InChI is InChI=1S/C17H26N4O7/c1-10-8-20(15(26)19-13(10)23)9-12(22)21(16(27)28-17(2,3)4)11(14(24)25)6-5-7-18/h8,11H,5-7,9,18H2,1-4H3,(H,24,25)(H,19,23,26)/t11-/m0/s1. The molecule has 0 unspecified atom stereocenters. The highest BCUT2D eigenvalue weighted by atomic mass is 16.6. The molecule has 28 heavy (non-hydrogen) atoms. The van der Waals surface area contributed by atoms with E-state index < -0.39 is 47.4 Å². The van der Waals surface area contributed by atoms with E-state index >= 15 is 0 Å². The molecule has 1 heterocycles. The van der Waals surface area contributed by atoms with Crippen LogP contribution in [0.5, 0.6) is 0 Å². The molecule has 0 radical (unpaired) electrons. The first kappa shape index (κ1) is 23.1. The van der Waals surface area contributed by atoms with E-state index in [4.69, 9.17) is 10.5 Å². The van der Waals surface area contributed by atoms with Gasteiger partial charge in [0.2, 0.25) is 0 Å². The fraction of sp³-hybridized carbons (Fsp3) is 0.588. The molecule has 11 heteroatoms. The number of nitrogens with two attached hydrogens (primary N) is 1. The number of carboxylic acid groups (broad SMARTS) is 1. The number of imide groups is 1. The molecule has 0 aliphatic carbocycles. The van der Waals surface area contributed by atoms with Crippen LogP contribution in [-0.4, -0.2) is 55.7 Å². The lowest BCUT2D eigenvalue weighted by molar-refractivity contribution is -0.150. The van der Waals surface area contributed by atoms with Crippen molar-refractivity contribution in [2.45, 2.75) is 58.7 Å².